The average Bonchev–Trinajstić information content (AvgIpc) is 2.38. The van der Waals surface area contributed by atoms with Crippen molar-refractivity contribution in [2.45, 2.75) is 18.9 Å². The lowest BCUT2D eigenvalue weighted by Gasteiger charge is -2.32. The molecule has 0 bridgehead atoms. The van der Waals surface area contributed by atoms with Gasteiger partial charge in [0, 0.05) is 23.6 Å². The van der Waals surface area contributed by atoms with Crippen LogP contribution in [0.25, 0.3) is 0 Å². The van der Waals surface area contributed by atoms with Crippen molar-refractivity contribution in [1.82, 2.24) is 10.2 Å². The van der Waals surface area contributed by atoms with Crippen LogP contribution in [0.4, 0.5) is 4.39 Å². The lowest BCUT2D eigenvalue weighted by Crippen LogP contribution is -2.44. The second-order valence-corrected chi connectivity index (χ2v) is 5.31. The summed E-state index contributed by atoms with van der Waals surface area (Å²) in [6.45, 7) is 1.34. The van der Waals surface area contributed by atoms with Crippen LogP contribution < -0.4 is 5.32 Å². The molecule has 1 aromatic rings. The van der Waals surface area contributed by atoms with E-state index in [9.17, 15) is 9.18 Å². The monoisotopic (exact) mass is 350 g/mol. The van der Waals surface area contributed by atoms with Crippen molar-refractivity contribution >= 4 is 34.2 Å². The summed E-state index contributed by atoms with van der Waals surface area (Å²) in [6.07, 6.45) is 1.82. The third kappa shape index (κ3) is 3.68. The van der Waals surface area contributed by atoms with E-state index in [2.05, 4.69) is 21.2 Å². The molecule has 0 aromatic heterocycles. The molecule has 3 nitrogen and oxygen atoms in total. The minimum atomic E-state index is -0.467. The van der Waals surface area contributed by atoms with E-state index in [1.165, 1.54) is 6.07 Å². The largest absolute Gasteiger partial charge is 0.338 e. The number of nitrogens with one attached hydrogen (secondary N) is 1. The number of halogens is 3. The van der Waals surface area contributed by atoms with Crippen molar-refractivity contribution in [3.05, 3.63) is 34.1 Å². The number of rotatable bonds is 2. The van der Waals surface area contributed by atoms with Crippen molar-refractivity contribution in [3.8, 4) is 0 Å². The Labute approximate surface area is 127 Å². The number of carbonyl (C=O) groups excluding carboxylic acids is 1. The van der Waals surface area contributed by atoms with E-state index in [0.717, 1.165) is 12.8 Å². The molecular formula is C13H17BrClFN2O. The first-order valence-corrected chi connectivity index (χ1v) is 6.83. The van der Waals surface area contributed by atoms with E-state index in [4.69, 9.17) is 0 Å². The van der Waals surface area contributed by atoms with Crippen LogP contribution in [-0.4, -0.2) is 37.0 Å². The highest BCUT2D eigenvalue weighted by Crippen LogP contribution is 2.23. The molecule has 1 N–H and O–H groups in total. The quantitative estimate of drug-likeness (QED) is 0.888. The van der Waals surface area contributed by atoms with Crippen molar-refractivity contribution in [2.24, 2.45) is 0 Å². The third-order valence-corrected chi connectivity index (χ3v) is 4.03. The number of nitrogens with zero attached hydrogens (tertiary/aromatic N) is 1. The molecule has 0 saturated carbocycles. The smallest absolute Gasteiger partial charge is 0.257 e. The number of hydrogen-bond donors (Lipinski definition) is 1. The molecule has 106 valence electrons. The predicted molar refractivity (Wildman–Crippen MR) is 79.3 cm³/mol. The topological polar surface area (TPSA) is 32.3 Å². The lowest BCUT2D eigenvalue weighted by atomic mass is 10.0. The number of amides is 1. The molecule has 1 aliphatic rings. The number of benzene rings is 1. The van der Waals surface area contributed by atoms with E-state index in [1.54, 1.807) is 17.0 Å². The highest BCUT2D eigenvalue weighted by Gasteiger charge is 2.25. The fraction of sp³-hybridized carbons (Fsp3) is 0.462. The molecule has 0 unspecified atom stereocenters. The van der Waals surface area contributed by atoms with E-state index in [-0.39, 0.29) is 23.9 Å². The molecule has 1 aliphatic heterocycles. The second-order valence-electron chi connectivity index (χ2n) is 4.45. The van der Waals surface area contributed by atoms with Gasteiger partial charge in [-0.2, -0.15) is 0 Å². The fourth-order valence-electron chi connectivity index (χ4n) is 2.23. The van der Waals surface area contributed by atoms with E-state index in [0.29, 0.717) is 23.6 Å². The molecule has 6 heteroatoms. The van der Waals surface area contributed by atoms with Crippen LogP contribution in [0.1, 0.15) is 23.2 Å². The maximum Gasteiger partial charge on any atom is 0.257 e. The fourth-order valence-corrected chi connectivity index (χ4v) is 2.74. The minimum Gasteiger partial charge on any atom is -0.338 e. The SMILES string of the molecule is CNC1CCN(C(=O)c2c(F)cccc2Br)CC1.Cl. The molecule has 19 heavy (non-hydrogen) atoms. The molecule has 1 saturated heterocycles. The van der Waals surface area contributed by atoms with Crippen LogP contribution in [-0.2, 0) is 0 Å². The Morgan fingerprint density at radius 2 is 2.05 bits per heavy atom. The maximum absolute atomic E-state index is 13.7. The molecule has 0 radical (unpaired) electrons. The van der Waals surface area contributed by atoms with Gasteiger partial charge in [-0.3, -0.25) is 4.79 Å². The highest BCUT2D eigenvalue weighted by atomic mass is 79.9. The Hall–Kier alpha value is -0.650. The van der Waals surface area contributed by atoms with Gasteiger partial charge in [0.25, 0.3) is 5.91 Å². The second kappa shape index (κ2) is 7.22. The summed E-state index contributed by atoms with van der Waals surface area (Å²) in [5.74, 6) is -0.695. The zero-order valence-corrected chi connectivity index (χ0v) is 13.1. The molecule has 1 heterocycles. The summed E-state index contributed by atoms with van der Waals surface area (Å²) in [7, 11) is 1.93. The first-order valence-electron chi connectivity index (χ1n) is 6.04. The van der Waals surface area contributed by atoms with Gasteiger partial charge in [-0.25, -0.2) is 4.39 Å². The van der Waals surface area contributed by atoms with Gasteiger partial charge in [0.05, 0.1) is 5.56 Å². The molecule has 1 amide bonds. The van der Waals surface area contributed by atoms with E-state index >= 15 is 0 Å². The number of likely N-dealkylation sites (tertiary alicyclic amines) is 1. The highest BCUT2D eigenvalue weighted by molar-refractivity contribution is 9.10. The van der Waals surface area contributed by atoms with Gasteiger partial charge in [0.15, 0.2) is 0 Å². The molecule has 0 aliphatic carbocycles. The van der Waals surface area contributed by atoms with Crippen LogP contribution in [0.15, 0.2) is 22.7 Å². The number of piperidine rings is 1. The summed E-state index contributed by atoms with van der Waals surface area (Å²) >= 11 is 3.24. The summed E-state index contributed by atoms with van der Waals surface area (Å²) < 4.78 is 14.2. The van der Waals surface area contributed by atoms with E-state index < -0.39 is 5.82 Å². The van der Waals surface area contributed by atoms with Gasteiger partial charge in [0.2, 0.25) is 0 Å². The Kier molecular flexibility index (Phi) is 6.23. The summed E-state index contributed by atoms with van der Waals surface area (Å²) in [6, 6.07) is 5.05. The normalized spacial score (nSPS) is 16.1. The molecule has 2 rings (SSSR count). The summed E-state index contributed by atoms with van der Waals surface area (Å²) in [4.78, 5) is 14.0. The van der Waals surface area contributed by atoms with Crippen molar-refractivity contribution in [2.75, 3.05) is 20.1 Å². The summed E-state index contributed by atoms with van der Waals surface area (Å²) in [5, 5.41) is 3.20. The Balaban J connectivity index is 0.00000180. The zero-order chi connectivity index (χ0) is 13.1. The predicted octanol–water partition coefficient (Wildman–Crippen LogP) is 2.83. The van der Waals surface area contributed by atoms with Crippen LogP contribution in [0, 0.1) is 5.82 Å². The van der Waals surface area contributed by atoms with Gasteiger partial charge < -0.3 is 10.2 Å². The lowest BCUT2D eigenvalue weighted by molar-refractivity contribution is 0.0701. The van der Waals surface area contributed by atoms with Gasteiger partial charge >= 0.3 is 0 Å². The molecular weight excluding hydrogens is 335 g/mol. The number of hydrogen-bond acceptors (Lipinski definition) is 2. The van der Waals surface area contributed by atoms with Crippen LogP contribution >= 0.6 is 28.3 Å². The van der Waals surface area contributed by atoms with Gasteiger partial charge in [-0.15, -0.1) is 12.4 Å². The standard InChI is InChI=1S/C13H16BrFN2O.ClH/c1-16-9-5-7-17(8-6-9)13(18)12-10(14)3-2-4-11(12)15;/h2-4,9,16H,5-8H2,1H3;1H. The van der Waals surface area contributed by atoms with Crippen LogP contribution in [0.2, 0.25) is 0 Å². The van der Waals surface area contributed by atoms with Crippen molar-refractivity contribution < 1.29 is 9.18 Å². The van der Waals surface area contributed by atoms with Crippen LogP contribution in [0.5, 0.6) is 0 Å². The first-order chi connectivity index (χ1) is 8.63. The molecule has 0 atom stereocenters. The van der Waals surface area contributed by atoms with Crippen LogP contribution in [0.3, 0.4) is 0 Å². The molecule has 1 fully saturated rings. The van der Waals surface area contributed by atoms with Gasteiger partial charge in [-0.1, -0.05) is 6.07 Å². The van der Waals surface area contributed by atoms with Crippen molar-refractivity contribution in [1.29, 1.82) is 0 Å². The van der Waals surface area contributed by atoms with Crippen molar-refractivity contribution in [3.63, 3.8) is 0 Å². The van der Waals surface area contributed by atoms with Gasteiger partial charge in [0.1, 0.15) is 5.82 Å². The zero-order valence-electron chi connectivity index (χ0n) is 10.7. The minimum absolute atomic E-state index is 0. The first kappa shape index (κ1) is 16.4. The Morgan fingerprint density at radius 3 is 2.58 bits per heavy atom. The van der Waals surface area contributed by atoms with E-state index in [1.807, 2.05) is 7.05 Å². The average molecular weight is 352 g/mol. The van der Waals surface area contributed by atoms with Gasteiger partial charge in [-0.05, 0) is 48.0 Å². The molecule has 0 spiro atoms. The Morgan fingerprint density at radius 1 is 1.42 bits per heavy atom. The summed E-state index contributed by atoms with van der Waals surface area (Å²) in [5.41, 5.74) is 0.139. The number of carbonyl (C=O) groups is 1. The third-order valence-electron chi connectivity index (χ3n) is 3.37. The Bertz CT molecular complexity index is 430. The maximum atomic E-state index is 13.7. The molecule has 1 aromatic carbocycles.